The number of alkyl halides is 3. The summed E-state index contributed by atoms with van der Waals surface area (Å²) >= 11 is 0.777. The van der Waals surface area contributed by atoms with Gasteiger partial charge in [-0.1, -0.05) is 13.0 Å². The molecule has 3 aromatic heterocycles. The number of nitrogens with zero attached hydrogens (tertiary/aromatic N) is 4. The van der Waals surface area contributed by atoms with Crippen molar-refractivity contribution in [2.45, 2.75) is 33.0 Å². The van der Waals surface area contributed by atoms with Crippen LogP contribution in [0.4, 0.5) is 23.8 Å². The number of pyridine rings is 2. The van der Waals surface area contributed by atoms with Crippen LogP contribution in [0.3, 0.4) is 0 Å². The van der Waals surface area contributed by atoms with Crippen LogP contribution in [0.1, 0.15) is 36.3 Å². The zero-order valence-corrected chi connectivity index (χ0v) is 24.2. The van der Waals surface area contributed by atoms with E-state index < -0.39 is 29.3 Å². The van der Waals surface area contributed by atoms with Crippen LogP contribution < -0.4 is 16.1 Å². The first-order chi connectivity index (χ1) is 20.5. The van der Waals surface area contributed by atoms with Crippen molar-refractivity contribution in [2.75, 3.05) is 31.5 Å². The van der Waals surface area contributed by atoms with Crippen molar-refractivity contribution in [1.82, 2.24) is 24.8 Å². The number of aromatic nitrogens is 3. The Morgan fingerprint density at radius 3 is 2.63 bits per heavy atom. The van der Waals surface area contributed by atoms with Gasteiger partial charge in [-0.3, -0.25) is 10.1 Å². The van der Waals surface area contributed by atoms with Crippen LogP contribution in [-0.2, 0) is 12.7 Å². The molecule has 4 aromatic rings. The number of carbonyl (C=O) groups excluding carboxylic acids is 1. The largest absolute Gasteiger partial charge is 0.477 e. The Morgan fingerprint density at radius 1 is 1.19 bits per heavy atom. The Kier molecular flexibility index (Phi) is 8.51. The van der Waals surface area contributed by atoms with E-state index in [-0.39, 0.29) is 33.3 Å². The lowest BCUT2D eigenvalue weighted by Crippen LogP contribution is -2.28. The van der Waals surface area contributed by atoms with Crippen LogP contribution in [-0.4, -0.2) is 62.7 Å². The van der Waals surface area contributed by atoms with Crippen LogP contribution >= 0.6 is 11.3 Å². The number of aromatic carboxylic acids is 1. The number of hydrogen-bond acceptors (Lipinski definition) is 7. The molecule has 226 valence electrons. The summed E-state index contributed by atoms with van der Waals surface area (Å²) in [4.78, 5) is 47.8. The molecule has 0 saturated carbocycles. The molecule has 43 heavy (non-hydrogen) atoms. The molecule has 5 rings (SSSR count). The number of halogens is 3. The first-order valence-electron chi connectivity index (χ1n) is 13.7. The minimum Gasteiger partial charge on any atom is -0.477 e. The Hall–Kier alpha value is -4.30. The standard InChI is InChI=1S/C29H29F3N6O4S/c1-3-33-28(42)36-24-10-18(26-35-23(15-43-26)29(30,31)32)20(11-34-24)17-5-6-22-19(9-17)25(39)21(27(40)41)14-38(22)13-16-7-8-37(4-2)12-16/h5-6,9-11,14-16H,3-4,7-8,12-13H2,1-2H3,(H,40,41)(H2,33,34,36,42). The lowest BCUT2D eigenvalue weighted by Gasteiger charge is -2.18. The van der Waals surface area contributed by atoms with Crippen molar-refractivity contribution in [3.63, 3.8) is 0 Å². The molecule has 1 saturated heterocycles. The van der Waals surface area contributed by atoms with Gasteiger partial charge >= 0.3 is 18.2 Å². The van der Waals surface area contributed by atoms with Gasteiger partial charge in [-0.15, -0.1) is 11.3 Å². The molecule has 2 amide bonds. The van der Waals surface area contributed by atoms with E-state index in [4.69, 9.17) is 0 Å². The number of nitrogens with one attached hydrogen (secondary N) is 2. The second-order valence-corrected chi connectivity index (χ2v) is 11.1. The molecule has 4 heterocycles. The van der Waals surface area contributed by atoms with E-state index in [9.17, 15) is 32.7 Å². The Morgan fingerprint density at radius 2 is 1.98 bits per heavy atom. The normalized spacial score (nSPS) is 15.6. The second-order valence-electron chi connectivity index (χ2n) is 10.2. The van der Waals surface area contributed by atoms with Gasteiger partial charge in [-0.25, -0.2) is 19.6 Å². The quantitative estimate of drug-likeness (QED) is 0.243. The zero-order valence-electron chi connectivity index (χ0n) is 23.4. The Labute approximate surface area is 248 Å². The number of likely N-dealkylation sites (tertiary alicyclic amines) is 1. The van der Waals surface area contributed by atoms with E-state index in [1.165, 1.54) is 24.5 Å². The van der Waals surface area contributed by atoms with Crippen LogP contribution in [0, 0.1) is 5.92 Å². The highest BCUT2D eigenvalue weighted by Crippen LogP contribution is 2.39. The SMILES string of the molecule is CCNC(=O)Nc1cc(-c2nc(C(F)(F)F)cs2)c(-c2ccc3c(c2)c(=O)c(C(=O)O)cn3CC2CCN(CC)C2)cn1. The molecule has 1 aliphatic heterocycles. The van der Waals surface area contributed by atoms with Crippen LogP contribution in [0.25, 0.3) is 32.6 Å². The van der Waals surface area contributed by atoms with Crippen LogP contribution in [0.15, 0.2) is 46.8 Å². The van der Waals surface area contributed by atoms with Crippen molar-refractivity contribution in [2.24, 2.45) is 5.92 Å². The van der Waals surface area contributed by atoms with E-state index in [1.54, 1.807) is 23.6 Å². The summed E-state index contributed by atoms with van der Waals surface area (Å²) in [5.41, 5.74) is -0.521. The van der Waals surface area contributed by atoms with Gasteiger partial charge in [-0.05, 0) is 56.1 Å². The van der Waals surface area contributed by atoms with Crippen LogP contribution in [0.2, 0.25) is 0 Å². The molecular formula is C29H29F3N6O4S. The molecule has 0 bridgehead atoms. The number of thiazole rings is 1. The van der Waals surface area contributed by atoms with Gasteiger partial charge in [0.05, 0.1) is 5.52 Å². The van der Waals surface area contributed by atoms with Crippen molar-refractivity contribution < 1.29 is 27.9 Å². The highest BCUT2D eigenvalue weighted by Gasteiger charge is 2.34. The maximum absolute atomic E-state index is 13.4. The van der Waals surface area contributed by atoms with Crippen LogP contribution in [0.5, 0.6) is 0 Å². The zero-order chi connectivity index (χ0) is 30.9. The molecule has 10 nitrogen and oxygen atoms in total. The summed E-state index contributed by atoms with van der Waals surface area (Å²) in [5.74, 6) is -0.985. The third-order valence-electron chi connectivity index (χ3n) is 7.40. The smallest absolute Gasteiger partial charge is 0.434 e. The third-order valence-corrected chi connectivity index (χ3v) is 8.28. The number of benzene rings is 1. The summed E-state index contributed by atoms with van der Waals surface area (Å²) < 4.78 is 42.0. The number of carbonyl (C=O) groups is 2. The molecule has 1 fully saturated rings. The fraction of sp³-hybridized carbons (Fsp3) is 0.345. The summed E-state index contributed by atoms with van der Waals surface area (Å²) in [7, 11) is 0. The number of fused-ring (bicyclic) bond motifs is 1. The van der Waals surface area contributed by atoms with Gasteiger partial charge in [0, 0.05) is 53.9 Å². The topological polar surface area (TPSA) is 129 Å². The summed E-state index contributed by atoms with van der Waals surface area (Å²) in [5, 5.41) is 16.0. The number of rotatable bonds is 8. The number of urea groups is 1. The number of hydrogen-bond donors (Lipinski definition) is 3. The molecule has 1 unspecified atom stereocenters. The van der Waals surface area contributed by atoms with E-state index in [0.29, 0.717) is 29.7 Å². The minimum atomic E-state index is -4.65. The van der Waals surface area contributed by atoms with Crippen molar-refractivity contribution in [3.05, 3.63) is 63.5 Å². The second kappa shape index (κ2) is 12.1. The number of anilines is 1. The fourth-order valence-corrected chi connectivity index (χ4v) is 6.13. The van der Waals surface area contributed by atoms with Crippen molar-refractivity contribution in [1.29, 1.82) is 0 Å². The first-order valence-corrected chi connectivity index (χ1v) is 14.6. The summed E-state index contributed by atoms with van der Waals surface area (Å²) in [6, 6.07) is 5.82. The molecule has 1 aromatic carbocycles. The highest BCUT2D eigenvalue weighted by atomic mass is 32.1. The predicted octanol–water partition coefficient (Wildman–Crippen LogP) is 5.39. The third kappa shape index (κ3) is 6.39. The van der Waals surface area contributed by atoms with Gasteiger partial charge in [-0.2, -0.15) is 13.2 Å². The highest BCUT2D eigenvalue weighted by molar-refractivity contribution is 7.13. The molecule has 1 atom stereocenters. The minimum absolute atomic E-state index is 0.0298. The number of amides is 2. The first kappa shape index (κ1) is 30.2. The predicted molar refractivity (Wildman–Crippen MR) is 157 cm³/mol. The Bertz CT molecular complexity index is 1750. The molecule has 0 spiro atoms. The van der Waals surface area contributed by atoms with Gasteiger partial charge in [0.25, 0.3) is 0 Å². The molecule has 3 N–H and O–H groups in total. The van der Waals surface area contributed by atoms with E-state index in [2.05, 4.69) is 32.4 Å². The van der Waals surface area contributed by atoms with E-state index in [0.717, 1.165) is 42.8 Å². The molecular weight excluding hydrogens is 585 g/mol. The average molecular weight is 615 g/mol. The molecule has 0 aliphatic carbocycles. The molecule has 0 radical (unpaired) electrons. The van der Waals surface area contributed by atoms with Crippen molar-refractivity contribution in [3.8, 4) is 21.7 Å². The van der Waals surface area contributed by atoms with Gasteiger partial charge in [0.1, 0.15) is 16.4 Å². The fourth-order valence-electron chi connectivity index (χ4n) is 5.28. The van der Waals surface area contributed by atoms with Crippen molar-refractivity contribution >= 4 is 40.1 Å². The maximum atomic E-state index is 13.4. The monoisotopic (exact) mass is 614 g/mol. The lowest BCUT2D eigenvalue weighted by molar-refractivity contribution is -0.140. The summed E-state index contributed by atoms with van der Waals surface area (Å²) in [6.45, 7) is 7.42. The molecule has 1 aliphatic rings. The number of carboxylic acid groups (broad SMARTS) is 1. The van der Waals surface area contributed by atoms with Gasteiger partial charge < -0.3 is 19.9 Å². The maximum Gasteiger partial charge on any atom is 0.434 e. The number of carboxylic acids is 1. The van der Waals surface area contributed by atoms with E-state index in [1.807, 2.05) is 0 Å². The summed E-state index contributed by atoms with van der Waals surface area (Å²) in [6.07, 6.45) is -0.950. The van der Waals surface area contributed by atoms with Gasteiger partial charge in [0.15, 0.2) is 5.69 Å². The molecule has 14 heteroatoms. The average Bonchev–Trinajstić information content (AvgIpc) is 3.64. The Balaban J connectivity index is 1.63. The van der Waals surface area contributed by atoms with Gasteiger partial charge in [0.2, 0.25) is 5.43 Å². The van der Waals surface area contributed by atoms with E-state index >= 15 is 0 Å². The lowest BCUT2D eigenvalue weighted by atomic mass is 9.99.